The third-order valence-corrected chi connectivity index (χ3v) is 4.06. The van der Waals surface area contributed by atoms with Crippen molar-refractivity contribution in [2.75, 3.05) is 6.54 Å². The van der Waals surface area contributed by atoms with Crippen LogP contribution in [0.4, 0.5) is 4.79 Å². The van der Waals surface area contributed by atoms with Gasteiger partial charge in [-0.25, -0.2) is 4.79 Å². The quantitative estimate of drug-likeness (QED) is 0.816. The minimum atomic E-state index is -0.722. The molecule has 1 heterocycles. The number of hydrogen-bond donors (Lipinski definition) is 2. The van der Waals surface area contributed by atoms with Crippen molar-refractivity contribution < 1.29 is 19.1 Å². The molecule has 3 amide bonds. The van der Waals surface area contributed by atoms with Gasteiger partial charge in [0.05, 0.1) is 0 Å². The van der Waals surface area contributed by atoms with Crippen molar-refractivity contribution in [2.24, 2.45) is 5.73 Å². The largest absolute Gasteiger partial charge is 0.445 e. The fourth-order valence-corrected chi connectivity index (χ4v) is 2.70. The molecule has 1 aliphatic rings. The maximum absolute atomic E-state index is 12.3. The Morgan fingerprint density at radius 3 is 2.67 bits per heavy atom. The molecule has 0 spiro atoms. The highest BCUT2D eigenvalue weighted by Gasteiger charge is 2.36. The Kier molecular flexibility index (Phi) is 6.17. The van der Waals surface area contributed by atoms with Crippen molar-refractivity contribution in [3.63, 3.8) is 0 Å². The number of carbonyl (C=O) groups excluding carboxylic acids is 3. The lowest BCUT2D eigenvalue weighted by Crippen LogP contribution is -2.52. The number of carbonyl (C=O) groups is 3. The molecule has 0 unspecified atom stereocenters. The Hall–Kier alpha value is -2.57. The lowest BCUT2D eigenvalue weighted by Gasteiger charge is -2.24. The number of primary amides is 1. The Morgan fingerprint density at radius 2 is 2.04 bits per heavy atom. The second-order valence-electron chi connectivity index (χ2n) is 5.76. The van der Waals surface area contributed by atoms with Gasteiger partial charge in [-0.2, -0.15) is 0 Å². The summed E-state index contributed by atoms with van der Waals surface area (Å²) in [6.07, 6.45) is 1.14. The predicted octanol–water partition coefficient (Wildman–Crippen LogP) is 1.17. The normalized spacial score (nSPS) is 18.0. The summed E-state index contributed by atoms with van der Waals surface area (Å²) >= 11 is 0. The fraction of sp³-hybridized carbons (Fsp3) is 0.471. The Bertz CT molecular complexity index is 591. The average molecular weight is 333 g/mol. The van der Waals surface area contributed by atoms with E-state index in [0.717, 1.165) is 5.56 Å². The SMILES string of the molecule is CC[C@@H](NC(=O)[C@H]1CCCN1C(=O)OCc1ccccc1)C(N)=O. The van der Waals surface area contributed by atoms with Crippen molar-refractivity contribution in [1.29, 1.82) is 0 Å². The Labute approximate surface area is 141 Å². The van der Waals surface area contributed by atoms with Crippen LogP contribution < -0.4 is 11.1 Å². The van der Waals surface area contributed by atoms with Crippen LogP contribution in [0.25, 0.3) is 0 Å². The fourth-order valence-electron chi connectivity index (χ4n) is 2.70. The summed E-state index contributed by atoms with van der Waals surface area (Å²) in [5.41, 5.74) is 6.12. The first-order chi connectivity index (χ1) is 11.5. The second-order valence-corrected chi connectivity index (χ2v) is 5.76. The number of rotatable bonds is 6. The van der Waals surface area contributed by atoms with E-state index in [1.54, 1.807) is 6.92 Å². The second kappa shape index (κ2) is 8.33. The first-order valence-electron chi connectivity index (χ1n) is 8.10. The van der Waals surface area contributed by atoms with E-state index in [2.05, 4.69) is 5.32 Å². The molecule has 7 heteroatoms. The highest BCUT2D eigenvalue weighted by Crippen LogP contribution is 2.19. The van der Waals surface area contributed by atoms with Gasteiger partial charge in [0.25, 0.3) is 0 Å². The number of nitrogens with zero attached hydrogens (tertiary/aromatic N) is 1. The van der Waals surface area contributed by atoms with Crippen molar-refractivity contribution in [2.45, 2.75) is 44.9 Å². The summed E-state index contributed by atoms with van der Waals surface area (Å²) in [4.78, 5) is 37.3. The smallest absolute Gasteiger partial charge is 0.410 e. The molecule has 1 aromatic carbocycles. The summed E-state index contributed by atoms with van der Waals surface area (Å²) in [6.45, 7) is 2.37. The summed E-state index contributed by atoms with van der Waals surface area (Å²) in [5, 5.41) is 2.60. The maximum atomic E-state index is 12.3. The van der Waals surface area contributed by atoms with E-state index in [-0.39, 0.29) is 12.5 Å². The molecule has 1 saturated heterocycles. The molecule has 1 fully saturated rings. The minimum Gasteiger partial charge on any atom is -0.445 e. The van der Waals surface area contributed by atoms with Gasteiger partial charge in [0, 0.05) is 6.54 Å². The van der Waals surface area contributed by atoms with E-state index in [9.17, 15) is 14.4 Å². The zero-order valence-corrected chi connectivity index (χ0v) is 13.7. The number of nitrogens with one attached hydrogen (secondary N) is 1. The monoisotopic (exact) mass is 333 g/mol. The standard InChI is InChI=1S/C17H23N3O4/c1-2-13(15(18)21)19-16(22)14-9-6-10-20(14)17(23)24-11-12-7-4-3-5-8-12/h3-5,7-8,13-14H,2,6,9-11H2,1H3,(H2,18,21)(H,19,22)/t13-,14-/m1/s1. The lowest BCUT2D eigenvalue weighted by atomic mass is 10.1. The number of nitrogens with two attached hydrogens (primary N) is 1. The van der Waals surface area contributed by atoms with Crippen LogP contribution in [0.3, 0.4) is 0 Å². The molecule has 0 saturated carbocycles. The van der Waals surface area contributed by atoms with Crippen molar-refractivity contribution in [3.8, 4) is 0 Å². The third-order valence-electron chi connectivity index (χ3n) is 4.06. The molecule has 130 valence electrons. The minimum absolute atomic E-state index is 0.156. The van der Waals surface area contributed by atoms with Crippen LogP contribution in [0.15, 0.2) is 30.3 Å². The molecular formula is C17H23N3O4. The van der Waals surface area contributed by atoms with Crippen molar-refractivity contribution >= 4 is 17.9 Å². The summed E-state index contributed by atoms with van der Waals surface area (Å²) < 4.78 is 5.29. The van der Waals surface area contributed by atoms with Gasteiger partial charge in [0.2, 0.25) is 11.8 Å². The molecule has 1 aliphatic heterocycles. The van der Waals surface area contributed by atoms with E-state index in [1.165, 1.54) is 4.90 Å². The van der Waals surface area contributed by atoms with Gasteiger partial charge >= 0.3 is 6.09 Å². The molecule has 0 aliphatic carbocycles. The first kappa shape index (κ1) is 17.8. The third kappa shape index (κ3) is 4.47. The Balaban J connectivity index is 1.92. The van der Waals surface area contributed by atoms with Gasteiger partial charge in [-0.15, -0.1) is 0 Å². The van der Waals surface area contributed by atoms with Crippen LogP contribution in [-0.2, 0) is 20.9 Å². The topological polar surface area (TPSA) is 102 Å². The molecule has 7 nitrogen and oxygen atoms in total. The van der Waals surface area contributed by atoms with Crippen molar-refractivity contribution in [3.05, 3.63) is 35.9 Å². The van der Waals surface area contributed by atoms with Gasteiger partial charge < -0.3 is 15.8 Å². The highest BCUT2D eigenvalue weighted by molar-refractivity contribution is 5.91. The molecule has 24 heavy (non-hydrogen) atoms. The number of hydrogen-bond acceptors (Lipinski definition) is 4. The van der Waals surface area contributed by atoms with Crippen molar-refractivity contribution in [1.82, 2.24) is 10.2 Å². The van der Waals surface area contributed by atoms with E-state index in [1.807, 2.05) is 30.3 Å². The molecule has 0 bridgehead atoms. The van der Waals surface area contributed by atoms with Gasteiger partial charge in [0.15, 0.2) is 0 Å². The van der Waals surface area contributed by atoms with Gasteiger partial charge in [-0.3, -0.25) is 14.5 Å². The molecule has 0 aromatic heterocycles. The number of amides is 3. The molecular weight excluding hydrogens is 310 g/mol. The van der Waals surface area contributed by atoms with Gasteiger partial charge in [0.1, 0.15) is 18.7 Å². The van der Waals surface area contributed by atoms with Crippen LogP contribution in [0.1, 0.15) is 31.7 Å². The van der Waals surface area contributed by atoms with E-state index < -0.39 is 24.1 Å². The predicted molar refractivity (Wildman–Crippen MR) is 87.8 cm³/mol. The molecule has 3 N–H and O–H groups in total. The summed E-state index contributed by atoms with van der Waals surface area (Å²) in [6, 6.07) is 7.99. The summed E-state index contributed by atoms with van der Waals surface area (Å²) in [7, 11) is 0. The maximum Gasteiger partial charge on any atom is 0.410 e. The van der Waals surface area contributed by atoms with E-state index in [0.29, 0.717) is 25.8 Å². The van der Waals surface area contributed by atoms with E-state index in [4.69, 9.17) is 10.5 Å². The lowest BCUT2D eigenvalue weighted by molar-refractivity contribution is -0.130. The van der Waals surface area contributed by atoms with Crippen LogP contribution >= 0.6 is 0 Å². The van der Waals surface area contributed by atoms with Gasteiger partial charge in [-0.1, -0.05) is 37.3 Å². The first-order valence-corrected chi connectivity index (χ1v) is 8.10. The number of benzene rings is 1. The van der Waals surface area contributed by atoms with Gasteiger partial charge in [-0.05, 0) is 24.8 Å². The molecule has 0 radical (unpaired) electrons. The molecule has 2 atom stereocenters. The average Bonchev–Trinajstić information content (AvgIpc) is 3.08. The number of likely N-dealkylation sites (tertiary alicyclic amines) is 1. The van der Waals surface area contributed by atoms with E-state index >= 15 is 0 Å². The Morgan fingerprint density at radius 1 is 1.33 bits per heavy atom. The zero-order valence-electron chi connectivity index (χ0n) is 13.7. The van der Waals surface area contributed by atoms with Crippen LogP contribution in [0.5, 0.6) is 0 Å². The van der Waals surface area contributed by atoms with Crippen LogP contribution in [0.2, 0.25) is 0 Å². The summed E-state index contributed by atoms with van der Waals surface area (Å²) in [5.74, 6) is -0.947. The number of ether oxygens (including phenoxy) is 1. The van der Waals surface area contributed by atoms with Crippen LogP contribution in [-0.4, -0.2) is 41.4 Å². The highest BCUT2D eigenvalue weighted by atomic mass is 16.6. The molecule has 1 aromatic rings. The molecule has 2 rings (SSSR count). The van der Waals surface area contributed by atoms with Crippen LogP contribution in [0, 0.1) is 0 Å². The zero-order chi connectivity index (χ0) is 17.5.